The van der Waals surface area contributed by atoms with E-state index in [-0.39, 0.29) is 5.91 Å². The molecule has 0 radical (unpaired) electrons. The first-order chi connectivity index (χ1) is 5.34. The third kappa shape index (κ3) is 1.53. The van der Waals surface area contributed by atoms with Crippen molar-refractivity contribution in [2.45, 2.75) is 37.8 Å². The van der Waals surface area contributed by atoms with Crippen LogP contribution in [0.5, 0.6) is 0 Å². The molecule has 0 spiro atoms. The minimum atomic E-state index is 0.215. The van der Waals surface area contributed by atoms with E-state index in [0.29, 0.717) is 18.5 Å². The summed E-state index contributed by atoms with van der Waals surface area (Å²) in [4.78, 5) is 11.1. The van der Waals surface area contributed by atoms with Crippen LogP contribution in [0.3, 0.4) is 0 Å². The highest BCUT2D eigenvalue weighted by Gasteiger charge is 2.26. The first-order valence-electron chi connectivity index (χ1n) is 4.37. The fourth-order valence-electron chi connectivity index (χ4n) is 1.97. The van der Waals surface area contributed by atoms with Crippen LogP contribution in [0.15, 0.2) is 0 Å². The number of carbonyl (C=O) groups is 1. The maximum Gasteiger partial charge on any atom is 0.221 e. The molecule has 11 heavy (non-hydrogen) atoms. The molecule has 2 aliphatic rings. The number of piperidine rings is 1. The van der Waals surface area contributed by atoms with Gasteiger partial charge in [0, 0.05) is 25.0 Å². The number of amides is 1. The Morgan fingerprint density at radius 1 is 1.27 bits per heavy atom. The van der Waals surface area contributed by atoms with Gasteiger partial charge in [0.15, 0.2) is 0 Å². The molecule has 0 aliphatic carbocycles. The molecule has 2 atom stereocenters. The zero-order chi connectivity index (χ0) is 7.68. The molecule has 0 aromatic rings. The van der Waals surface area contributed by atoms with Crippen molar-refractivity contribution in [2.75, 3.05) is 6.54 Å². The molecule has 0 saturated carbocycles. The summed E-state index contributed by atoms with van der Waals surface area (Å²) in [5.74, 6) is 0.215. The Labute approximate surface area is 66.5 Å². The monoisotopic (exact) mass is 154 g/mol. The first-order valence-corrected chi connectivity index (χ1v) is 4.37. The van der Waals surface area contributed by atoms with Gasteiger partial charge in [0.05, 0.1) is 0 Å². The highest BCUT2D eigenvalue weighted by Crippen LogP contribution is 2.16. The summed E-state index contributed by atoms with van der Waals surface area (Å²) in [6, 6.07) is 0.997. The van der Waals surface area contributed by atoms with E-state index >= 15 is 0 Å². The van der Waals surface area contributed by atoms with Crippen LogP contribution in [0, 0.1) is 0 Å². The van der Waals surface area contributed by atoms with E-state index in [4.69, 9.17) is 0 Å². The first kappa shape index (κ1) is 7.10. The smallest absolute Gasteiger partial charge is 0.221 e. The van der Waals surface area contributed by atoms with Gasteiger partial charge in [-0.1, -0.05) is 6.42 Å². The van der Waals surface area contributed by atoms with Crippen LogP contribution < -0.4 is 10.6 Å². The highest BCUT2D eigenvalue weighted by molar-refractivity contribution is 5.76. The zero-order valence-corrected chi connectivity index (χ0v) is 6.60. The topological polar surface area (TPSA) is 41.1 Å². The molecule has 2 rings (SSSR count). The predicted molar refractivity (Wildman–Crippen MR) is 42.2 cm³/mol. The quantitative estimate of drug-likeness (QED) is 0.516. The number of hydrogen-bond donors (Lipinski definition) is 2. The lowest BCUT2D eigenvalue weighted by molar-refractivity contribution is -0.121. The van der Waals surface area contributed by atoms with Gasteiger partial charge in [-0.3, -0.25) is 4.79 Å². The van der Waals surface area contributed by atoms with Crippen molar-refractivity contribution in [3.05, 3.63) is 0 Å². The van der Waals surface area contributed by atoms with Gasteiger partial charge in [-0.2, -0.15) is 0 Å². The normalized spacial score (nSPS) is 37.6. The van der Waals surface area contributed by atoms with E-state index in [1.165, 1.54) is 19.3 Å². The maximum atomic E-state index is 11.1. The van der Waals surface area contributed by atoms with Crippen LogP contribution in [-0.4, -0.2) is 24.5 Å². The molecule has 1 amide bonds. The fraction of sp³-hybridized carbons (Fsp3) is 0.875. The second-order valence-corrected chi connectivity index (χ2v) is 3.50. The van der Waals surface area contributed by atoms with E-state index in [1.54, 1.807) is 0 Å². The molecule has 3 heteroatoms. The van der Waals surface area contributed by atoms with Crippen molar-refractivity contribution in [3.63, 3.8) is 0 Å². The largest absolute Gasteiger partial charge is 0.354 e. The number of nitrogens with one attached hydrogen (secondary N) is 2. The predicted octanol–water partition coefficient (Wildman–Crippen LogP) is 0.0170. The lowest BCUT2D eigenvalue weighted by atomic mass is 9.98. The SMILES string of the molecule is O=C1C[C@H]2CCC[C@@H](CN1)N2. The van der Waals surface area contributed by atoms with Crippen LogP contribution in [0.2, 0.25) is 0 Å². The lowest BCUT2D eigenvalue weighted by Gasteiger charge is -2.26. The van der Waals surface area contributed by atoms with Crippen molar-refractivity contribution in [1.29, 1.82) is 0 Å². The number of fused-ring (bicyclic) bond motifs is 2. The molecule has 3 nitrogen and oxygen atoms in total. The van der Waals surface area contributed by atoms with Crippen LogP contribution >= 0.6 is 0 Å². The molecule has 0 aromatic heterocycles. The molecule has 2 N–H and O–H groups in total. The maximum absolute atomic E-state index is 11.1. The Morgan fingerprint density at radius 3 is 3.00 bits per heavy atom. The average Bonchev–Trinajstić information content (AvgIpc) is 2.12. The molecular formula is C8H14N2O. The van der Waals surface area contributed by atoms with Gasteiger partial charge >= 0.3 is 0 Å². The molecule has 2 heterocycles. The summed E-state index contributed by atoms with van der Waals surface area (Å²) >= 11 is 0. The fourth-order valence-corrected chi connectivity index (χ4v) is 1.97. The van der Waals surface area contributed by atoms with Crippen molar-refractivity contribution >= 4 is 5.91 Å². The molecule has 2 fully saturated rings. The standard InChI is InChI=1S/C8H14N2O/c11-8-4-6-2-1-3-7(10-6)5-9-8/h6-7,10H,1-5H2,(H,9,11)/t6-,7+/m1/s1. The molecule has 0 unspecified atom stereocenters. The summed E-state index contributed by atoms with van der Waals surface area (Å²) in [5.41, 5.74) is 0. The van der Waals surface area contributed by atoms with Gasteiger partial charge in [0.2, 0.25) is 5.91 Å². The molecule has 62 valence electrons. The second kappa shape index (κ2) is 2.81. The van der Waals surface area contributed by atoms with Gasteiger partial charge < -0.3 is 10.6 Å². The van der Waals surface area contributed by atoms with Crippen LogP contribution in [0.25, 0.3) is 0 Å². The average molecular weight is 154 g/mol. The van der Waals surface area contributed by atoms with Crippen molar-refractivity contribution in [3.8, 4) is 0 Å². The Kier molecular flexibility index (Phi) is 1.82. The summed E-state index contributed by atoms with van der Waals surface area (Å²) in [6.07, 6.45) is 4.34. The van der Waals surface area contributed by atoms with E-state index in [9.17, 15) is 4.79 Å². The Balaban J connectivity index is 2.04. The summed E-state index contributed by atoms with van der Waals surface area (Å²) in [5, 5.41) is 6.38. The molecule has 0 aromatic carbocycles. The van der Waals surface area contributed by atoms with Gasteiger partial charge in [-0.15, -0.1) is 0 Å². The minimum absolute atomic E-state index is 0.215. The molecular weight excluding hydrogens is 140 g/mol. The number of carbonyl (C=O) groups excluding carboxylic acids is 1. The number of rotatable bonds is 0. The third-order valence-electron chi connectivity index (χ3n) is 2.55. The van der Waals surface area contributed by atoms with Crippen LogP contribution in [0.1, 0.15) is 25.7 Å². The third-order valence-corrected chi connectivity index (χ3v) is 2.55. The van der Waals surface area contributed by atoms with E-state index < -0.39 is 0 Å². The van der Waals surface area contributed by atoms with E-state index in [2.05, 4.69) is 10.6 Å². The molecule has 2 bridgehead atoms. The van der Waals surface area contributed by atoms with Crippen molar-refractivity contribution in [2.24, 2.45) is 0 Å². The Morgan fingerprint density at radius 2 is 2.09 bits per heavy atom. The summed E-state index contributed by atoms with van der Waals surface area (Å²) in [7, 11) is 0. The summed E-state index contributed by atoms with van der Waals surface area (Å²) < 4.78 is 0. The van der Waals surface area contributed by atoms with E-state index in [0.717, 1.165) is 6.54 Å². The highest BCUT2D eigenvalue weighted by atomic mass is 16.1. The zero-order valence-electron chi connectivity index (χ0n) is 6.60. The van der Waals surface area contributed by atoms with Crippen molar-refractivity contribution < 1.29 is 4.79 Å². The summed E-state index contributed by atoms with van der Waals surface area (Å²) in [6.45, 7) is 0.829. The van der Waals surface area contributed by atoms with Gasteiger partial charge in [0.1, 0.15) is 0 Å². The van der Waals surface area contributed by atoms with Gasteiger partial charge in [0.25, 0.3) is 0 Å². The molecule has 2 saturated heterocycles. The second-order valence-electron chi connectivity index (χ2n) is 3.50. The lowest BCUT2D eigenvalue weighted by Crippen LogP contribution is -2.43. The van der Waals surface area contributed by atoms with Crippen molar-refractivity contribution in [1.82, 2.24) is 10.6 Å². The van der Waals surface area contributed by atoms with Gasteiger partial charge in [-0.25, -0.2) is 0 Å². The Hall–Kier alpha value is -0.570. The number of hydrogen-bond acceptors (Lipinski definition) is 2. The minimum Gasteiger partial charge on any atom is -0.354 e. The molecule has 2 aliphatic heterocycles. The van der Waals surface area contributed by atoms with Gasteiger partial charge in [-0.05, 0) is 12.8 Å². The van der Waals surface area contributed by atoms with E-state index in [1.807, 2.05) is 0 Å². The Bertz CT molecular complexity index is 169. The van der Waals surface area contributed by atoms with Crippen LogP contribution in [-0.2, 0) is 4.79 Å². The van der Waals surface area contributed by atoms with Crippen LogP contribution in [0.4, 0.5) is 0 Å².